The molecule has 0 unspecified atom stereocenters. The van der Waals surface area contributed by atoms with Crippen LogP contribution in [0, 0.1) is 0 Å². The van der Waals surface area contributed by atoms with E-state index in [4.69, 9.17) is 4.74 Å². The molecule has 0 radical (unpaired) electrons. The number of amides is 1. The highest BCUT2D eigenvalue weighted by atomic mass is 16.5. The van der Waals surface area contributed by atoms with Crippen molar-refractivity contribution in [1.82, 2.24) is 4.98 Å². The summed E-state index contributed by atoms with van der Waals surface area (Å²) in [6, 6.07) is 2.38. The number of aromatic nitrogens is 1. The highest BCUT2D eigenvalue weighted by molar-refractivity contribution is 5.89. The minimum Gasteiger partial charge on any atom is -0.450 e. The van der Waals surface area contributed by atoms with Crippen molar-refractivity contribution in [2.45, 2.75) is 25.8 Å². The average molecular weight is 221 g/mol. The van der Waals surface area contributed by atoms with Crippen molar-refractivity contribution in [3.63, 3.8) is 0 Å². The van der Waals surface area contributed by atoms with Gasteiger partial charge in [0.25, 0.3) is 0 Å². The fraction of sp³-hybridized carbons (Fsp3) is 0.455. The van der Waals surface area contributed by atoms with Gasteiger partial charge in [-0.25, -0.2) is 4.79 Å². The first-order valence-corrected chi connectivity index (χ1v) is 5.44. The summed E-state index contributed by atoms with van der Waals surface area (Å²) in [6.45, 7) is 2.13. The Morgan fingerprint density at radius 3 is 3.06 bits per heavy atom. The first kappa shape index (κ1) is 10.7. The van der Waals surface area contributed by atoms with Crippen LogP contribution in [0.3, 0.4) is 0 Å². The van der Waals surface area contributed by atoms with E-state index in [0.29, 0.717) is 18.3 Å². The molecule has 1 amide bonds. The van der Waals surface area contributed by atoms with Gasteiger partial charge in [0.05, 0.1) is 24.2 Å². The minimum atomic E-state index is -0.450. The van der Waals surface area contributed by atoms with Gasteiger partial charge in [0.15, 0.2) is 0 Å². The second-order valence-corrected chi connectivity index (χ2v) is 3.69. The zero-order chi connectivity index (χ0) is 11.4. The maximum Gasteiger partial charge on any atom is 0.411 e. The smallest absolute Gasteiger partial charge is 0.411 e. The van der Waals surface area contributed by atoms with Gasteiger partial charge in [0, 0.05) is 12.2 Å². The van der Waals surface area contributed by atoms with Crippen LogP contribution in [0.5, 0.6) is 0 Å². The number of hydrogen-bond acceptors (Lipinski definition) is 4. The average Bonchev–Trinajstić information content (AvgIpc) is 3.05. The van der Waals surface area contributed by atoms with Gasteiger partial charge in [-0.3, -0.25) is 10.3 Å². The third kappa shape index (κ3) is 2.85. The molecule has 1 aliphatic carbocycles. The van der Waals surface area contributed by atoms with Crippen LogP contribution in [0.25, 0.3) is 0 Å². The predicted octanol–water partition coefficient (Wildman–Crippen LogP) is 2.22. The third-order valence-electron chi connectivity index (χ3n) is 2.27. The van der Waals surface area contributed by atoms with Gasteiger partial charge >= 0.3 is 6.09 Å². The molecule has 0 aliphatic heterocycles. The van der Waals surface area contributed by atoms with E-state index in [9.17, 15) is 4.79 Å². The molecule has 86 valence electrons. The number of nitrogens with one attached hydrogen (secondary N) is 2. The normalized spacial score (nSPS) is 14.3. The molecule has 2 rings (SSSR count). The lowest BCUT2D eigenvalue weighted by Crippen LogP contribution is -2.15. The van der Waals surface area contributed by atoms with Gasteiger partial charge in [0.2, 0.25) is 0 Å². The van der Waals surface area contributed by atoms with Gasteiger partial charge in [-0.1, -0.05) is 0 Å². The molecule has 1 fully saturated rings. The molecule has 2 N–H and O–H groups in total. The molecule has 0 atom stereocenters. The van der Waals surface area contributed by atoms with E-state index in [-0.39, 0.29) is 0 Å². The van der Waals surface area contributed by atoms with Crippen LogP contribution >= 0.6 is 0 Å². The predicted molar refractivity (Wildman–Crippen MR) is 61.5 cm³/mol. The number of anilines is 2. The summed E-state index contributed by atoms with van der Waals surface area (Å²) in [5.41, 5.74) is 1.55. The molecule has 5 heteroatoms. The lowest BCUT2D eigenvalue weighted by molar-refractivity contribution is 0.168. The zero-order valence-corrected chi connectivity index (χ0v) is 9.19. The summed E-state index contributed by atoms with van der Waals surface area (Å²) in [5, 5.41) is 5.98. The molecule has 0 bridgehead atoms. The molecule has 0 aromatic carbocycles. The number of nitrogens with zero attached hydrogens (tertiary/aromatic N) is 1. The lowest BCUT2D eigenvalue weighted by Gasteiger charge is -2.11. The summed E-state index contributed by atoms with van der Waals surface area (Å²) in [7, 11) is 0. The molecule has 1 aliphatic rings. The van der Waals surface area contributed by atoms with Crippen LogP contribution in [0.2, 0.25) is 0 Å². The van der Waals surface area contributed by atoms with Crippen molar-refractivity contribution in [2.75, 3.05) is 17.2 Å². The van der Waals surface area contributed by atoms with Gasteiger partial charge in [-0.05, 0) is 25.8 Å². The molecule has 1 aromatic rings. The molecule has 0 saturated heterocycles. The maximum absolute atomic E-state index is 11.3. The Kier molecular flexibility index (Phi) is 3.24. The van der Waals surface area contributed by atoms with Gasteiger partial charge in [-0.15, -0.1) is 0 Å². The van der Waals surface area contributed by atoms with Crippen molar-refractivity contribution >= 4 is 17.5 Å². The minimum absolute atomic E-state index is 0.359. The first-order chi connectivity index (χ1) is 7.79. The van der Waals surface area contributed by atoms with Gasteiger partial charge < -0.3 is 10.1 Å². The maximum atomic E-state index is 11.3. The van der Waals surface area contributed by atoms with Crippen molar-refractivity contribution in [1.29, 1.82) is 0 Å². The Morgan fingerprint density at radius 1 is 1.56 bits per heavy atom. The number of carbonyl (C=O) groups excluding carboxylic acids is 1. The Bertz CT molecular complexity index is 377. The van der Waals surface area contributed by atoms with E-state index in [2.05, 4.69) is 15.6 Å². The molecule has 5 nitrogen and oxygen atoms in total. The molecule has 0 spiro atoms. The molecule has 16 heavy (non-hydrogen) atoms. The van der Waals surface area contributed by atoms with Gasteiger partial charge in [0.1, 0.15) is 0 Å². The van der Waals surface area contributed by atoms with E-state index in [1.807, 2.05) is 6.07 Å². The Morgan fingerprint density at radius 2 is 2.38 bits per heavy atom. The number of rotatable bonds is 4. The topological polar surface area (TPSA) is 63.2 Å². The number of carbonyl (C=O) groups is 1. The van der Waals surface area contributed by atoms with Crippen molar-refractivity contribution in [2.24, 2.45) is 0 Å². The fourth-order valence-electron chi connectivity index (χ4n) is 1.34. The zero-order valence-electron chi connectivity index (χ0n) is 9.19. The summed E-state index contributed by atoms with van der Waals surface area (Å²) in [6.07, 6.45) is 5.22. The van der Waals surface area contributed by atoms with Crippen LogP contribution in [0.4, 0.5) is 16.2 Å². The number of pyridine rings is 1. The summed E-state index contributed by atoms with van der Waals surface area (Å²) < 4.78 is 4.82. The Labute approximate surface area is 94.2 Å². The second-order valence-electron chi connectivity index (χ2n) is 3.69. The SMILES string of the molecule is CCOC(=O)Nc1cnccc1NC1CC1. The highest BCUT2D eigenvalue weighted by Gasteiger charge is 2.22. The fourth-order valence-corrected chi connectivity index (χ4v) is 1.34. The van der Waals surface area contributed by atoms with Crippen molar-refractivity contribution in [3.05, 3.63) is 18.5 Å². The molecule has 1 heterocycles. The monoisotopic (exact) mass is 221 g/mol. The second kappa shape index (κ2) is 4.83. The van der Waals surface area contributed by atoms with Crippen molar-refractivity contribution < 1.29 is 9.53 Å². The van der Waals surface area contributed by atoms with E-state index >= 15 is 0 Å². The molecule has 1 saturated carbocycles. The van der Waals surface area contributed by atoms with Crippen molar-refractivity contribution in [3.8, 4) is 0 Å². The largest absolute Gasteiger partial charge is 0.450 e. The molecule has 1 aromatic heterocycles. The quantitative estimate of drug-likeness (QED) is 0.818. The lowest BCUT2D eigenvalue weighted by atomic mass is 10.3. The van der Waals surface area contributed by atoms with Crippen LogP contribution in [-0.2, 0) is 4.74 Å². The van der Waals surface area contributed by atoms with E-state index in [0.717, 1.165) is 5.69 Å². The number of hydrogen-bond donors (Lipinski definition) is 2. The molecular weight excluding hydrogens is 206 g/mol. The van der Waals surface area contributed by atoms with Crippen LogP contribution in [0.1, 0.15) is 19.8 Å². The highest BCUT2D eigenvalue weighted by Crippen LogP contribution is 2.28. The summed E-state index contributed by atoms with van der Waals surface area (Å²) in [4.78, 5) is 15.3. The third-order valence-corrected chi connectivity index (χ3v) is 2.27. The first-order valence-electron chi connectivity index (χ1n) is 5.44. The van der Waals surface area contributed by atoms with Crippen LogP contribution < -0.4 is 10.6 Å². The summed E-state index contributed by atoms with van der Waals surface area (Å²) in [5.74, 6) is 0. The van der Waals surface area contributed by atoms with E-state index in [1.165, 1.54) is 12.8 Å². The number of ether oxygens (including phenoxy) is 1. The molecular formula is C11H15N3O2. The van der Waals surface area contributed by atoms with E-state index < -0.39 is 6.09 Å². The van der Waals surface area contributed by atoms with Crippen LogP contribution in [-0.4, -0.2) is 23.7 Å². The standard InChI is InChI=1S/C11H15N3O2/c1-2-16-11(15)14-10-7-12-6-5-9(10)13-8-3-4-8/h5-8H,2-4H2,1H3,(H,12,13)(H,14,15). The van der Waals surface area contributed by atoms with Gasteiger partial charge in [-0.2, -0.15) is 0 Å². The Hall–Kier alpha value is -1.78. The van der Waals surface area contributed by atoms with Crippen LogP contribution in [0.15, 0.2) is 18.5 Å². The summed E-state index contributed by atoms with van der Waals surface area (Å²) >= 11 is 0. The van der Waals surface area contributed by atoms with E-state index in [1.54, 1.807) is 19.3 Å². The Balaban J connectivity index is 2.03.